The lowest BCUT2D eigenvalue weighted by atomic mass is 10.1. The van der Waals surface area contributed by atoms with Gasteiger partial charge in [0.1, 0.15) is 0 Å². The first-order chi connectivity index (χ1) is 10.3. The van der Waals surface area contributed by atoms with Crippen LogP contribution in [0.5, 0.6) is 0 Å². The third kappa shape index (κ3) is 3.65. The first-order valence-corrected chi connectivity index (χ1v) is 6.88. The van der Waals surface area contributed by atoms with Crippen LogP contribution in [0.15, 0.2) is 60.7 Å². The van der Waals surface area contributed by atoms with E-state index >= 15 is 0 Å². The molecule has 0 saturated heterocycles. The smallest absolute Gasteiger partial charge is 0.356 e. The van der Waals surface area contributed by atoms with Crippen molar-refractivity contribution in [1.29, 1.82) is 0 Å². The fourth-order valence-corrected chi connectivity index (χ4v) is 2.07. The van der Waals surface area contributed by atoms with Gasteiger partial charge in [-0.1, -0.05) is 55.5 Å². The second-order valence-electron chi connectivity index (χ2n) is 4.61. The molecule has 0 unspecified atom stereocenters. The number of hydrogen-bond donors (Lipinski definition) is 0. The van der Waals surface area contributed by atoms with Crippen LogP contribution in [-0.2, 0) is 11.3 Å². The minimum atomic E-state index is -0.282. The van der Waals surface area contributed by atoms with E-state index in [0.717, 1.165) is 11.3 Å². The fraction of sp³-hybridized carbons (Fsp3) is 0.176. The maximum atomic E-state index is 12.5. The van der Waals surface area contributed by atoms with Gasteiger partial charge in [0.15, 0.2) is 0 Å². The molecule has 0 radical (unpaired) electrons. The largest absolute Gasteiger partial charge is 0.361 e. The molecule has 0 atom stereocenters. The topological polar surface area (TPSA) is 56.7 Å². The van der Waals surface area contributed by atoms with Crippen LogP contribution in [0.2, 0.25) is 0 Å². The molecule has 0 N–H and O–H groups in total. The molecule has 2 rings (SSSR count). The van der Waals surface area contributed by atoms with E-state index in [2.05, 4.69) is 4.79 Å². The number of rotatable bonds is 5. The molecule has 2 aromatic carbocycles. The Morgan fingerprint density at radius 3 is 2.14 bits per heavy atom. The lowest BCUT2D eigenvalue weighted by molar-refractivity contribution is -0.117. The van der Waals surface area contributed by atoms with Crippen LogP contribution >= 0.6 is 0 Å². The van der Waals surface area contributed by atoms with E-state index < -0.39 is 0 Å². The minimum absolute atomic E-state index is 0.148. The van der Waals surface area contributed by atoms with Crippen LogP contribution < -0.4 is 4.90 Å². The minimum Gasteiger partial charge on any atom is -0.361 e. The van der Waals surface area contributed by atoms with Gasteiger partial charge in [0.25, 0.3) is 0 Å². The van der Waals surface area contributed by atoms with Gasteiger partial charge in [-0.15, -0.1) is 0 Å². The van der Waals surface area contributed by atoms with Crippen LogP contribution in [0.25, 0.3) is 5.53 Å². The second-order valence-corrected chi connectivity index (χ2v) is 4.61. The summed E-state index contributed by atoms with van der Waals surface area (Å²) in [4.78, 5) is 17.3. The van der Waals surface area contributed by atoms with Gasteiger partial charge in [-0.05, 0) is 17.7 Å². The summed E-state index contributed by atoms with van der Waals surface area (Å²) in [6.07, 6.45) is 0.382. The summed E-state index contributed by atoms with van der Waals surface area (Å²) in [6, 6.07) is 19.1. The lowest BCUT2D eigenvalue weighted by Crippen LogP contribution is -2.36. The molecular weight excluding hydrogens is 262 g/mol. The Bertz CT molecular complexity index is 646. The summed E-state index contributed by atoms with van der Waals surface area (Å²) in [5, 5.41) is 0. The molecule has 0 saturated carbocycles. The highest BCUT2D eigenvalue weighted by atomic mass is 16.2. The zero-order valence-corrected chi connectivity index (χ0v) is 11.9. The normalized spacial score (nSPS) is 9.76. The highest BCUT2D eigenvalue weighted by Crippen LogP contribution is 2.17. The third-order valence-corrected chi connectivity index (χ3v) is 3.20. The van der Waals surface area contributed by atoms with Crippen molar-refractivity contribution in [3.05, 3.63) is 71.8 Å². The van der Waals surface area contributed by atoms with Crippen LogP contribution in [-0.4, -0.2) is 16.4 Å². The predicted molar refractivity (Wildman–Crippen MR) is 83.0 cm³/mol. The Hall–Kier alpha value is -2.71. The zero-order valence-electron chi connectivity index (χ0n) is 11.9. The van der Waals surface area contributed by atoms with Gasteiger partial charge in [-0.2, -0.15) is 4.79 Å². The molecule has 21 heavy (non-hydrogen) atoms. The first kappa shape index (κ1) is 14.7. The average molecular weight is 279 g/mol. The fourth-order valence-electron chi connectivity index (χ4n) is 2.07. The first-order valence-electron chi connectivity index (χ1n) is 6.88. The summed E-state index contributed by atoms with van der Waals surface area (Å²) in [5.41, 5.74) is 10.9. The molecule has 0 fully saturated rings. The predicted octanol–water partition coefficient (Wildman–Crippen LogP) is 3.30. The van der Waals surface area contributed by atoms with E-state index in [9.17, 15) is 4.79 Å². The number of hydrogen-bond acceptors (Lipinski definition) is 1. The molecule has 0 aromatic heterocycles. The van der Waals surface area contributed by atoms with Gasteiger partial charge in [-0.25, -0.2) is 0 Å². The number of carbonyl (C=O) groups is 1. The number of anilines is 1. The molecular formula is C17H17N3O. The molecule has 0 bridgehead atoms. The molecule has 2 aromatic rings. The van der Waals surface area contributed by atoms with Crippen LogP contribution in [0.1, 0.15) is 18.9 Å². The Morgan fingerprint density at radius 1 is 1.05 bits per heavy atom. The Morgan fingerprint density at radius 2 is 1.62 bits per heavy atom. The summed E-state index contributed by atoms with van der Waals surface area (Å²) in [6.45, 7) is 2.22. The van der Waals surface area contributed by atoms with E-state index in [1.807, 2.05) is 60.7 Å². The number of amides is 1. The summed E-state index contributed by atoms with van der Waals surface area (Å²) >= 11 is 0. The standard InChI is InChI=1S/C17H17N3O/c1-2-16(19-18)17(21)20(15-11-7-4-8-12-15)13-14-9-5-3-6-10-14/h3-12H,2,13H2,1H3. The molecule has 0 heterocycles. The monoisotopic (exact) mass is 279 g/mol. The van der Waals surface area contributed by atoms with E-state index in [1.54, 1.807) is 11.8 Å². The van der Waals surface area contributed by atoms with Crippen molar-refractivity contribution in [3.8, 4) is 0 Å². The van der Waals surface area contributed by atoms with E-state index in [-0.39, 0.29) is 11.6 Å². The number of benzene rings is 2. The molecule has 1 amide bonds. The quantitative estimate of drug-likeness (QED) is 0.470. The van der Waals surface area contributed by atoms with Gasteiger partial charge in [0.2, 0.25) is 0 Å². The molecule has 0 aliphatic carbocycles. The SMILES string of the molecule is CCC(=[N+]=[N-])C(=O)N(Cc1ccccc1)c1ccccc1. The highest BCUT2D eigenvalue weighted by molar-refractivity contribution is 6.41. The Kier molecular flexibility index (Phi) is 5.02. The Balaban J connectivity index is 2.36. The van der Waals surface area contributed by atoms with E-state index in [1.165, 1.54) is 0 Å². The van der Waals surface area contributed by atoms with Crippen molar-refractivity contribution >= 4 is 17.3 Å². The molecule has 0 aliphatic rings. The zero-order chi connectivity index (χ0) is 15.1. The van der Waals surface area contributed by atoms with E-state index in [4.69, 9.17) is 5.53 Å². The molecule has 0 aliphatic heterocycles. The highest BCUT2D eigenvalue weighted by Gasteiger charge is 2.26. The van der Waals surface area contributed by atoms with Crippen LogP contribution in [0.3, 0.4) is 0 Å². The molecule has 106 valence electrons. The van der Waals surface area contributed by atoms with Crippen molar-refractivity contribution in [1.82, 2.24) is 0 Å². The van der Waals surface area contributed by atoms with Gasteiger partial charge >= 0.3 is 11.6 Å². The van der Waals surface area contributed by atoms with Gasteiger partial charge in [0.05, 0.1) is 13.0 Å². The van der Waals surface area contributed by atoms with Crippen LogP contribution in [0.4, 0.5) is 5.69 Å². The maximum Gasteiger partial charge on any atom is 0.356 e. The summed E-state index contributed by atoms with van der Waals surface area (Å²) < 4.78 is 0. The second kappa shape index (κ2) is 7.17. The number of carbonyl (C=O) groups excluding carboxylic acids is 1. The van der Waals surface area contributed by atoms with Crippen molar-refractivity contribution in [2.45, 2.75) is 19.9 Å². The number of para-hydroxylation sites is 1. The van der Waals surface area contributed by atoms with Gasteiger partial charge < -0.3 is 5.53 Å². The van der Waals surface area contributed by atoms with Crippen molar-refractivity contribution in [2.75, 3.05) is 4.90 Å². The molecule has 4 nitrogen and oxygen atoms in total. The van der Waals surface area contributed by atoms with Gasteiger partial charge in [-0.3, -0.25) is 9.69 Å². The van der Waals surface area contributed by atoms with Crippen molar-refractivity contribution in [3.63, 3.8) is 0 Å². The Labute approximate surface area is 124 Å². The summed E-state index contributed by atoms with van der Waals surface area (Å²) in [5.74, 6) is -0.282. The maximum absolute atomic E-state index is 12.5. The van der Waals surface area contributed by atoms with Crippen molar-refractivity contribution in [2.24, 2.45) is 0 Å². The molecule has 4 heteroatoms. The van der Waals surface area contributed by atoms with Crippen molar-refractivity contribution < 1.29 is 9.58 Å². The third-order valence-electron chi connectivity index (χ3n) is 3.20. The average Bonchev–Trinajstić information content (AvgIpc) is 2.55. The van der Waals surface area contributed by atoms with E-state index in [0.29, 0.717) is 13.0 Å². The van der Waals surface area contributed by atoms with Gasteiger partial charge in [0, 0.05) is 5.69 Å². The summed E-state index contributed by atoms with van der Waals surface area (Å²) in [7, 11) is 0. The lowest BCUT2D eigenvalue weighted by Gasteiger charge is -2.21. The number of nitrogens with zero attached hydrogens (tertiary/aromatic N) is 3. The van der Waals surface area contributed by atoms with Crippen LogP contribution in [0, 0.1) is 0 Å². The molecule has 0 spiro atoms.